The van der Waals surface area contributed by atoms with E-state index < -0.39 is 22.8 Å². The maximum Gasteiger partial charge on any atom is 0.319 e. The van der Waals surface area contributed by atoms with Gasteiger partial charge < -0.3 is 10.1 Å². The Morgan fingerprint density at radius 1 is 1.20 bits per heavy atom. The van der Waals surface area contributed by atoms with Crippen LogP contribution in [0.3, 0.4) is 0 Å². The highest BCUT2D eigenvalue weighted by Crippen LogP contribution is 2.36. The van der Waals surface area contributed by atoms with Gasteiger partial charge in [0, 0.05) is 10.5 Å². The van der Waals surface area contributed by atoms with Gasteiger partial charge in [-0.3, -0.25) is 9.59 Å². The number of benzene rings is 2. The minimum absolute atomic E-state index is 0.0551. The molecule has 30 heavy (non-hydrogen) atoms. The molecule has 0 fully saturated rings. The van der Waals surface area contributed by atoms with Crippen molar-refractivity contribution >= 4 is 40.9 Å². The van der Waals surface area contributed by atoms with Crippen molar-refractivity contribution in [1.82, 2.24) is 0 Å². The third-order valence-corrected chi connectivity index (χ3v) is 6.06. The molecule has 0 spiro atoms. The summed E-state index contributed by atoms with van der Waals surface area (Å²) in [5, 5.41) is 2.04. The molecule has 0 aliphatic carbocycles. The second kappa shape index (κ2) is 11.3. The van der Waals surface area contributed by atoms with E-state index in [0.29, 0.717) is 17.7 Å². The zero-order chi connectivity index (χ0) is 22.3. The summed E-state index contributed by atoms with van der Waals surface area (Å²) in [6.45, 7) is 5.68. The van der Waals surface area contributed by atoms with Gasteiger partial charge >= 0.3 is 5.97 Å². The van der Waals surface area contributed by atoms with Gasteiger partial charge in [-0.1, -0.05) is 37.9 Å². The van der Waals surface area contributed by atoms with Gasteiger partial charge in [0.1, 0.15) is 16.9 Å². The van der Waals surface area contributed by atoms with Crippen LogP contribution in [0.4, 0.5) is 14.5 Å². The number of halogens is 3. The number of amides is 1. The number of rotatable bonds is 9. The fourth-order valence-electron chi connectivity index (χ4n) is 2.54. The van der Waals surface area contributed by atoms with Crippen molar-refractivity contribution < 1.29 is 23.1 Å². The van der Waals surface area contributed by atoms with Crippen LogP contribution in [0.1, 0.15) is 50.4 Å². The van der Waals surface area contributed by atoms with E-state index in [4.69, 9.17) is 16.3 Å². The van der Waals surface area contributed by atoms with Crippen LogP contribution in [0.2, 0.25) is 5.02 Å². The Morgan fingerprint density at radius 3 is 2.57 bits per heavy atom. The highest BCUT2D eigenvalue weighted by molar-refractivity contribution is 8.00. The molecule has 0 saturated carbocycles. The molecule has 1 amide bonds. The summed E-state index contributed by atoms with van der Waals surface area (Å²) in [5.41, 5.74) is -0.0544. The van der Waals surface area contributed by atoms with Gasteiger partial charge in [0.2, 0.25) is 0 Å². The van der Waals surface area contributed by atoms with E-state index in [0.717, 1.165) is 30.3 Å². The Labute approximate surface area is 184 Å². The third kappa shape index (κ3) is 6.71. The van der Waals surface area contributed by atoms with Gasteiger partial charge in [0.15, 0.2) is 0 Å². The molecule has 0 saturated heterocycles. The van der Waals surface area contributed by atoms with E-state index >= 15 is 0 Å². The second-order valence-corrected chi connectivity index (χ2v) is 8.43. The first-order chi connectivity index (χ1) is 14.2. The minimum Gasteiger partial charge on any atom is -0.462 e. The monoisotopic (exact) mass is 455 g/mol. The molecule has 0 radical (unpaired) electrons. The van der Waals surface area contributed by atoms with Crippen molar-refractivity contribution in [2.75, 3.05) is 5.32 Å². The molecule has 0 aliphatic rings. The Morgan fingerprint density at radius 2 is 1.93 bits per heavy atom. The first kappa shape index (κ1) is 24.2. The molecule has 162 valence electrons. The Bertz CT molecular complexity index is 910. The van der Waals surface area contributed by atoms with Crippen LogP contribution >= 0.6 is 23.4 Å². The Kier molecular flexibility index (Phi) is 9.11. The van der Waals surface area contributed by atoms with Gasteiger partial charge in [-0.25, -0.2) is 8.78 Å². The SMILES string of the molecule is CCCC(Sc1cc(NC(=O)c2cccc(F)c2)c(F)cc1Cl)C(=O)OC(C)CC. The molecule has 1 N–H and O–H groups in total. The fourth-order valence-corrected chi connectivity index (χ4v) is 3.99. The van der Waals surface area contributed by atoms with Crippen molar-refractivity contribution in [2.45, 2.75) is 56.3 Å². The summed E-state index contributed by atoms with van der Waals surface area (Å²) in [6, 6.07) is 7.53. The fraction of sp³-hybridized carbons (Fsp3) is 0.364. The number of carbonyl (C=O) groups excluding carboxylic acids is 2. The lowest BCUT2D eigenvalue weighted by Gasteiger charge is -2.19. The average molecular weight is 456 g/mol. The number of carbonyl (C=O) groups is 2. The third-order valence-electron chi connectivity index (χ3n) is 4.33. The van der Waals surface area contributed by atoms with Crippen molar-refractivity contribution in [2.24, 2.45) is 0 Å². The van der Waals surface area contributed by atoms with Crippen molar-refractivity contribution in [1.29, 1.82) is 0 Å². The molecule has 0 heterocycles. The molecule has 2 aromatic carbocycles. The molecule has 0 bridgehead atoms. The molecule has 0 aliphatic heterocycles. The smallest absolute Gasteiger partial charge is 0.319 e. The van der Waals surface area contributed by atoms with Gasteiger partial charge in [-0.2, -0.15) is 0 Å². The summed E-state index contributed by atoms with van der Waals surface area (Å²) in [7, 11) is 0. The maximum absolute atomic E-state index is 14.4. The topological polar surface area (TPSA) is 55.4 Å². The quantitative estimate of drug-likeness (QED) is 0.347. The normalized spacial score (nSPS) is 12.9. The van der Waals surface area contributed by atoms with E-state index in [2.05, 4.69) is 5.32 Å². The number of thioether (sulfide) groups is 1. The lowest BCUT2D eigenvalue weighted by molar-refractivity contribution is -0.147. The Hall–Kier alpha value is -2.12. The maximum atomic E-state index is 14.4. The van der Waals surface area contributed by atoms with Gasteiger partial charge in [0.05, 0.1) is 16.8 Å². The van der Waals surface area contributed by atoms with Gasteiger partial charge in [0.25, 0.3) is 5.91 Å². The van der Waals surface area contributed by atoms with E-state index in [1.807, 2.05) is 20.8 Å². The van der Waals surface area contributed by atoms with E-state index in [1.54, 1.807) is 0 Å². The van der Waals surface area contributed by atoms with Crippen molar-refractivity contribution in [3.63, 3.8) is 0 Å². The van der Waals surface area contributed by atoms with Crippen LogP contribution in [-0.4, -0.2) is 23.2 Å². The number of ether oxygens (including phenoxy) is 1. The van der Waals surface area contributed by atoms with Gasteiger partial charge in [-0.05, 0) is 50.1 Å². The summed E-state index contributed by atoms with van der Waals surface area (Å²) < 4.78 is 33.2. The van der Waals surface area contributed by atoms with Crippen LogP contribution in [0.15, 0.2) is 41.3 Å². The zero-order valence-corrected chi connectivity index (χ0v) is 18.6. The molecule has 0 aromatic heterocycles. The number of hydrogen-bond donors (Lipinski definition) is 1. The Balaban J connectivity index is 2.23. The van der Waals surface area contributed by atoms with Crippen LogP contribution < -0.4 is 5.32 Å². The number of nitrogens with one attached hydrogen (secondary N) is 1. The van der Waals surface area contributed by atoms with E-state index in [9.17, 15) is 18.4 Å². The van der Waals surface area contributed by atoms with Crippen molar-refractivity contribution in [3.05, 3.63) is 58.6 Å². The zero-order valence-electron chi connectivity index (χ0n) is 17.0. The predicted octanol–water partition coefficient (Wildman–Crippen LogP) is 6.47. The van der Waals surface area contributed by atoms with Crippen LogP contribution in [0.5, 0.6) is 0 Å². The summed E-state index contributed by atoms with van der Waals surface area (Å²) in [4.78, 5) is 25.3. The lowest BCUT2D eigenvalue weighted by Crippen LogP contribution is -2.24. The number of hydrogen-bond acceptors (Lipinski definition) is 4. The van der Waals surface area contributed by atoms with Gasteiger partial charge in [-0.15, -0.1) is 11.8 Å². The van der Waals surface area contributed by atoms with Crippen LogP contribution in [-0.2, 0) is 9.53 Å². The molecule has 8 heteroatoms. The van der Waals surface area contributed by atoms with E-state index in [1.165, 1.54) is 24.3 Å². The predicted molar refractivity (Wildman–Crippen MR) is 116 cm³/mol. The largest absolute Gasteiger partial charge is 0.462 e. The molecule has 2 unspecified atom stereocenters. The molecule has 2 atom stereocenters. The number of esters is 1. The average Bonchev–Trinajstić information content (AvgIpc) is 2.70. The highest BCUT2D eigenvalue weighted by atomic mass is 35.5. The molecular weight excluding hydrogens is 432 g/mol. The summed E-state index contributed by atoms with van der Waals surface area (Å²) in [6.07, 6.45) is 1.79. The second-order valence-electron chi connectivity index (χ2n) is 6.78. The van der Waals surface area contributed by atoms with Crippen LogP contribution in [0.25, 0.3) is 0 Å². The molecule has 2 aromatic rings. The molecule has 4 nitrogen and oxygen atoms in total. The summed E-state index contributed by atoms with van der Waals surface area (Å²) in [5.74, 6) is -2.32. The molecule has 2 rings (SSSR count). The first-order valence-corrected chi connectivity index (χ1v) is 10.9. The van der Waals surface area contributed by atoms with E-state index in [-0.39, 0.29) is 28.3 Å². The van der Waals surface area contributed by atoms with Crippen molar-refractivity contribution in [3.8, 4) is 0 Å². The highest BCUT2D eigenvalue weighted by Gasteiger charge is 2.24. The first-order valence-electron chi connectivity index (χ1n) is 9.68. The summed E-state index contributed by atoms with van der Waals surface area (Å²) >= 11 is 7.35. The number of anilines is 1. The van der Waals surface area contributed by atoms with Crippen LogP contribution in [0, 0.1) is 11.6 Å². The molecular formula is C22H24ClF2NO3S. The lowest BCUT2D eigenvalue weighted by atomic mass is 10.2. The standard InChI is InChI=1S/C22H24ClF2NO3S/c1-4-7-19(22(28)29-13(3)5-2)30-20-12-18(17(25)11-16(20)23)26-21(27)14-8-6-9-15(24)10-14/h6,8-13,19H,4-5,7H2,1-3H3,(H,26,27). The minimum atomic E-state index is -0.733.